The van der Waals surface area contributed by atoms with Crippen molar-refractivity contribution in [3.63, 3.8) is 0 Å². The second-order valence-corrected chi connectivity index (χ2v) is 6.07. The first-order valence-corrected chi connectivity index (χ1v) is 7.65. The molecule has 0 aliphatic heterocycles. The van der Waals surface area contributed by atoms with Gasteiger partial charge in [0.2, 0.25) is 0 Å². The average molecular weight is 338 g/mol. The van der Waals surface area contributed by atoms with Gasteiger partial charge in [0, 0.05) is 27.1 Å². The molecule has 0 heterocycles. The molecule has 0 aromatic heterocycles. The molecule has 0 saturated carbocycles. The number of carbonyl (C=O) groups excluding carboxylic acids is 1. The highest BCUT2D eigenvalue weighted by molar-refractivity contribution is 6.35. The Morgan fingerprint density at radius 1 is 1.18 bits per heavy atom. The molecule has 3 nitrogen and oxygen atoms in total. The quantitative estimate of drug-likeness (QED) is 0.617. The number of ketones is 1. The Morgan fingerprint density at radius 3 is 2.36 bits per heavy atom. The summed E-state index contributed by atoms with van der Waals surface area (Å²) in [5, 5.41) is 1.08. The van der Waals surface area contributed by atoms with E-state index in [9.17, 15) is 4.79 Å². The summed E-state index contributed by atoms with van der Waals surface area (Å²) in [6, 6.07) is 10.3. The van der Waals surface area contributed by atoms with E-state index in [4.69, 9.17) is 33.7 Å². The number of nitrogens with two attached hydrogens (primary N) is 1. The number of halogens is 2. The van der Waals surface area contributed by atoms with Crippen LogP contribution in [0.15, 0.2) is 36.4 Å². The van der Waals surface area contributed by atoms with Crippen molar-refractivity contribution < 1.29 is 9.53 Å². The van der Waals surface area contributed by atoms with Gasteiger partial charge >= 0.3 is 0 Å². The average Bonchev–Trinajstić information content (AvgIpc) is 2.47. The van der Waals surface area contributed by atoms with Gasteiger partial charge in [-0.05, 0) is 30.3 Å². The van der Waals surface area contributed by atoms with Gasteiger partial charge in [-0.15, -0.1) is 0 Å². The van der Waals surface area contributed by atoms with E-state index in [-0.39, 0.29) is 18.3 Å². The monoisotopic (exact) mass is 337 g/mol. The Hall–Kier alpha value is -1.71. The Balaban J connectivity index is 2.16. The molecule has 2 rings (SSSR count). The van der Waals surface area contributed by atoms with Crippen LogP contribution in [0.3, 0.4) is 0 Å². The number of ether oxygens (including phenoxy) is 1. The topological polar surface area (TPSA) is 52.3 Å². The minimum absolute atomic E-state index is 0.0485. The van der Waals surface area contributed by atoms with Gasteiger partial charge in [-0.3, -0.25) is 4.79 Å². The van der Waals surface area contributed by atoms with Gasteiger partial charge in [-0.2, -0.15) is 0 Å². The second-order valence-electron chi connectivity index (χ2n) is 5.26. The van der Waals surface area contributed by atoms with Gasteiger partial charge < -0.3 is 10.5 Å². The highest BCUT2D eigenvalue weighted by atomic mass is 35.5. The maximum atomic E-state index is 11.9. The fourth-order valence-corrected chi connectivity index (χ4v) is 2.49. The van der Waals surface area contributed by atoms with Crippen molar-refractivity contribution in [2.24, 2.45) is 5.92 Å². The van der Waals surface area contributed by atoms with Gasteiger partial charge in [0.25, 0.3) is 0 Å². The van der Waals surface area contributed by atoms with Gasteiger partial charge in [0.1, 0.15) is 12.4 Å². The molecular weight excluding hydrogens is 321 g/mol. The SMILES string of the molecule is CC(C)C(=O)c1ccc(OCc2c(Cl)cccc2Cl)c(N)c1. The van der Waals surface area contributed by atoms with Crippen LogP contribution < -0.4 is 10.5 Å². The maximum Gasteiger partial charge on any atom is 0.165 e. The third-order valence-corrected chi connectivity index (χ3v) is 3.96. The molecule has 0 bridgehead atoms. The number of nitrogen functional groups attached to an aromatic ring is 1. The van der Waals surface area contributed by atoms with Crippen molar-refractivity contribution in [1.29, 1.82) is 0 Å². The lowest BCUT2D eigenvalue weighted by Crippen LogP contribution is -2.08. The Labute approximate surface area is 140 Å². The molecule has 0 aliphatic rings. The van der Waals surface area contributed by atoms with Crippen molar-refractivity contribution in [2.75, 3.05) is 5.73 Å². The number of Topliss-reactive ketones (excluding diaryl/α,β-unsaturated/α-hetero) is 1. The van der Waals surface area contributed by atoms with Crippen molar-refractivity contribution in [3.8, 4) is 5.75 Å². The van der Waals surface area contributed by atoms with Crippen molar-refractivity contribution in [2.45, 2.75) is 20.5 Å². The molecule has 2 aromatic carbocycles. The molecule has 0 saturated heterocycles. The van der Waals surface area contributed by atoms with Crippen LogP contribution in [0, 0.1) is 5.92 Å². The normalized spacial score (nSPS) is 10.8. The fraction of sp³-hybridized carbons (Fsp3) is 0.235. The van der Waals surface area contributed by atoms with E-state index in [1.165, 1.54) is 0 Å². The highest BCUT2D eigenvalue weighted by Gasteiger charge is 2.13. The number of rotatable bonds is 5. The standard InChI is InChI=1S/C17H17Cl2NO2/c1-10(2)17(21)11-6-7-16(15(20)8-11)22-9-12-13(18)4-3-5-14(12)19/h3-8,10H,9,20H2,1-2H3. The minimum Gasteiger partial charge on any atom is -0.487 e. The predicted octanol–water partition coefficient (Wildman–Crippen LogP) is 4.99. The summed E-state index contributed by atoms with van der Waals surface area (Å²) >= 11 is 12.2. The van der Waals surface area contributed by atoms with Crippen LogP contribution >= 0.6 is 23.2 Å². The predicted molar refractivity (Wildman–Crippen MR) is 90.8 cm³/mol. The Kier molecular flexibility index (Phi) is 5.33. The summed E-state index contributed by atoms with van der Waals surface area (Å²) in [5.41, 5.74) is 7.65. The van der Waals surface area contributed by atoms with Gasteiger partial charge in [0.05, 0.1) is 5.69 Å². The summed E-state index contributed by atoms with van der Waals surface area (Å²) in [5.74, 6) is 0.469. The van der Waals surface area contributed by atoms with Crippen LogP contribution in [0.2, 0.25) is 10.0 Å². The van der Waals surface area contributed by atoms with Crippen LogP contribution in [0.4, 0.5) is 5.69 Å². The number of hydrogen-bond acceptors (Lipinski definition) is 3. The summed E-state index contributed by atoms with van der Waals surface area (Å²) in [4.78, 5) is 11.9. The summed E-state index contributed by atoms with van der Waals surface area (Å²) in [6.07, 6.45) is 0. The van der Waals surface area contributed by atoms with Crippen LogP contribution in [-0.2, 0) is 6.61 Å². The van der Waals surface area contributed by atoms with E-state index in [1.807, 2.05) is 13.8 Å². The molecule has 5 heteroatoms. The zero-order valence-corrected chi connectivity index (χ0v) is 13.9. The van der Waals surface area contributed by atoms with E-state index in [1.54, 1.807) is 36.4 Å². The second kappa shape index (κ2) is 7.03. The third-order valence-electron chi connectivity index (χ3n) is 3.25. The molecule has 116 valence electrons. The minimum atomic E-state index is -0.0758. The largest absolute Gasteiger partial charge is 0.487 e. The summed E-state index contributed by atoms with van der Waals surface area (Å²) < 4.78 is 5.67. The lowest BCUT2D eigenvalue weighted by molar-refractivity contribution is 0.0939. The van der Waals surface area contributed by atoms with Crippen LogP contribution in [-0.4, -0.2) is 5.78 Å². The zero-order chi connectivity index (χ0) is 16.3. The molecule has 0 atom stereocenters. The maximum absolute atomic E-state index is 11.9. The molecule has 2 aromatic rings. The molecule has 0 radical (unpaired) electrons. The lowest BCUT2D eigenvalue weighted by Gasteiger charge is -2.12. The van der Waals surface area contributed by atoms with E-state index in [0.717, 1.165) is 0 Å². The molecule has 0 unspecified atom stereocenters. The number of anilines is 1. The lowest BCUT2D eigenvalue weighted by atomic mass is 10.0. The summed E-state index contributed by atoms with van der Waals surface area (Å²) in [6.45, 7) is 3.91. The van der Waals surface area contributed by atoms with Crippen LogP contribution in [0.5, 0.6) is 5.75 Å². The Bertz CT molecular complexity index is 679. The van der Waals surface area contributed by atoms with Gasteiger partial charge in [0.15, 0.2) is 5.78 Å². The first-order chi connectivity index (χ1) is 10.4. The first kappa shape index (κ1) is 16.7. The van der Waals surface area contributed by atoms with Crippen LogP contribution in [0.1, 0.15) is 29.8 Å². The summed E-state index contributed by atoms with van der Waals surface area (Å²) in [7, 11) is 0. The number of hydrogen-bond donors (Lipinski definition) is 1. The van der Waals surface area contributed by atoms with E-state index in [2.05, 4.69) is 0 Å². The molecule has 2 N–H and O–H groups in total. The molecule has 0 amide bonds. The zero-order valence-electron chi connectivity index (χ0n) is 12.4. The Morgan fingerprint density at radius 2 is 1.82 bits per heavy atom. The number of benzene rings is 2. The smallest absolute Gasteiger partial charge is 0.165 e. The number of carbonyl (C=O) groups is 1. The van der Waals surface area contributed by atoms with Gasteiger partial charge in [-0.25, -0.2) is 0 Å². The van der Waals surface area contributed by atoms with E-state index < -0.39 is 0 Å². The van der Waals surface area contributed by atoms with Crippen molar-refractivity contribution in [3.05, 3.63) is 57.6 Å². The first-order valence-electron chi connectivity index (χ1n) is 6.89. The highest BCUT2D eigenvalue weighted by Crippen LogP contribution is 2.28. The molecule has 0 fully saturated rings. The third kappa shape index (κ3) is 3.73. The van der Waals surface area contributed by atoms with E-state index >= 15 is 0 Å². The molecule has 0 aliphatic carbocycles. The fourth-order valence-electron chi connectivity index (χ4n) is 1.99. The van der Waals surface area contributed by atoms with Crippen molar-refractivity contribution in [1.82, 2.24) is 0 Å². The van der Waals surface area contributed by atoms with E-state index in [0.29, 0.717) is 32.6 Å². The van der Waals surface area contributed by atoms with Crippen molar-refractivity contribution >= 4 is 34.7 Å². The van der Waals surface area contributed by atoms with Crippen LogP contribution in [0.25, 0.3) is 0 Å². The molecular formula is C17H17Cl2NO2. The molecule has 22 heavy (non-hydrogen) atoms. The van der Waals surface area contributed by atoms with Gasteiger partial charge in [-0.1, -0.05) is 43.1 Å². The molecule has 0 spiro atoms.